The average molecular weight is 311 g/mol. The summed E-state index contributed by atoms with van der Waals surface area (Å²) in [7, 11) is -3.63. The molecule has 21 heavy (non-hydrogen) atoms. The Bertz CT molecular complexity index is 612. The summed E-state index contributed by atoms with van der Waals surface area (Å²) in [5.74, 6) is -1.12. The second-order valence-electron chi connectivity index (χ2n) is 5.36. The molecule has 1 fully saturated rings. The molecular weight excluding hydrogens is 290 g/mol. The van der Waals surface area contributed by atoms with E-state index in [1.54, 1.807) is 4.31 Å². The maximum absolute atomic E-state index is 12.8. The lowest BCUT2D eigenvalue weighted by atomic mass is 10.1. The number of carbonyl (C=O) groups is 1. The van der Waals surface area contributed by atoms with Crippen LogP contribution < -0.4 is 0 Å². The standard InChI is InChI=1S/C15H21NO4S/c1-2-13-8-4-3-5-10-16(13)21(19,20)14-9-6-7-12(11-14)15(17)18/h6-7,9,11,13H,2-5,8,10H2,1H3,(H,17,18). The van der Waals surface area contributed by atoms with Crippen molar-refractivity contribution in [1.29, 1.82) is 0 Å². The monoisotopic (exact) mass is 311 g/mol. The van der Waals surface area contributed by atoms with Crippen LogP contribution in [0.2, 0.25) is 0 Å². The van der Waals surface area contributed by atoms with Crippen LogP contribution in [-0.4, -0.2) is 36.4 Å². The summed E-state index contributed by atoms with van der Waals surface area (Å²) in [4.78, 5) is 11.1. The zero-order valence-electron chi connectivity index (χ0n) is 12.2. The highest BCUT2D eigenvalue weighted by Crippen LogP contribution is 2.26. The summed E-state index contributed by atoms with van der Waals surface area (Å²) in [5, 5.41) is 9.02. The number of carboxylic acids is 1. The van der Waals surface area contributed by atoms with E-state index in [0.29, 0.717) is 6.54 Å². The molecule has 0 spiro atoms. The number of carboxylic acid groups (broad SMARTS) is 1. The topological polar surface area (TPSA) is 74.7 Å². The van der Waals surface area contributed by atoms with Gasteiger partial charge >= 0.3 is 5.97 Å². The molecule has 1 atom stereocenters. The second kappa shape index (κ2) is 6.58. The molecule has 0 amide bonds. The predicted octanol–water partition coefficient (Wildman–Crippen LogP) is 2.73. The van der Waals surface area contributed by atoms with Gasteiger partial charge in [0.1, 0.15) is 0 Å². The fourth-order valence-corrected chi connectivity index (χ4v) is 4.61. The number of benzene rings is 1. The average Bonchev–Trinajstić information content (AvgIpc) is 2.73. The zero-order chi connectivity index (χ0) is 15.5. The number of hydrogen-bond acceptors (Lipinski definition) is 3. The Morgan fingerprint density at radius 1 is 1.33 bits per heavy atom. The van der Waals surface area contributed by atoms with Crippen LogP contribution in [0, 0.1) is 0 Å². The van der Waals surface area contributed by atoms with Crippen LogP contribution in [0.15, 0.2) is 29.2 Å². The van der Waals surface area contributed by atoms with Crippen LogP contribution in [0.4, 0.5) is 0 Å². The van der Waals surface area contributed by atoms with Gasteiger partial charge in [-0.3, -0.25) is 0 Å². The lowest BCUT2D eigenvalue weighted by Gasteiger charge is -2.28. The quantitative estimate of drug-likeness (QED) is 0.927. The van der Waals surface area contributed by atoms with E-state index in [2.05, 4.69) is 0 Å². The first-order valence-corrected chi connectivity index (χ1v) is 8.76. The van der Waals surface area contributed by atoms with Gasteiger partial charge in [-0.1, -0.05) is 25.8 Å². The van der Waals surface area contributed by atoms with E-state index < -0.39 is 16.0 Å². The van der Waals surface area contributed by atoms with E-state index in [1.165, 1.54) is 24.3 Å². The Labute approximate surface area is 125 Å². The van der Waals surface area contributed by atoms with Crippen molar-refractivity contribution in [2.45, 2.75) is 50.0 Å². The molecule has 116 valence electrons. The van der Waals surface area contributed by atoms with Crippen LogP contribution >= 0.6 is 0 Å². The Kier molecular flexibility index (Phi) is 5.00. The Hall–Kier alpha value is -1.40. The smallest absolute Gasteiger partial charge is 0.335 e. The van der Waals surface area contributed by atoms with E-state index in [0.717, 1.165) is 32.1 Å². The molecule has 1 N–H and O–H groups in total. The van der Waals surface area contributed by atoms with Crippen molar-refractivity contribution in [2.75, 3.05) is 6.54 Å². The van der Waals surface area contributed by atoms with Crippen LogP contribution in [0.3, 0.4) is 0 Å². The lowest BCUT2D eigenvalue weighted by Crippen LogP contribution is -2.39. The molecule has 1 unspecified atom stereocenters. The summed E-state index contributed by atoms with van der Waals surface area (Å²) < 4.78 is 27.2. The Morgan fingerprint density at radius 3 is 2.76 bits per heavy atom. The molecule has 0 bridgehead atoms. The van der Waals surface area contributed by atoms with Crippen LogP contribution in [0.1, 0.15) is 49.4 Å². The summed E-state index contributed by atoms with van der Waals surface area (Å²) >= 11 is 0. The van der Waals surface area contributed by atoms with Gasteiger partial charge in [0.05, 0.1) is 10.5 Å². The molecule has 1 aliphatic heterocycles. The SMILES string of the molecule is CCC1CCCCCN1S(=O)(=O)c1cccc(C(=O)O)c1. The molecule has 2 rings (SSSR count). The third kappa shape index (κ3) is 3.44. The predicted molar refractivity (Wildman–Crippen MR) is 79.8 cm³/mol. The summed E-state index contributed by atoms with van der Waals surface area (Å²) in [5.41, 5.74) is -0.000976. The van der Waals surface area contributed by atoms with Crippen molar-refractivity contribution in [3.8, 4) is 0 Å². The van der Waals surface area contributed by atoms with Gasteiger partial charge in [-0.25, -0.2) is 13.2 Å². The largest absolute Gasteiger partial charge is 0.478 e. The molecule has 1 aromatic rings. The molecule has 0 aromatic heterocycles. The van der Waals surface area contributed by atoms with E-state index in [1.807, 2.05) is 6.92 Å². The van der Waals surface area contributed by atoms with Crippen LogP contribution in [0.25, 0.3) is 0 Å². The van der Waals surface area contributed by atoms with E-state index in [4.69, 9.17) is 5.11 Å². The van der Waals surface area contributed by atoms with Gasteiger partial charge < -0.3 is 5.11 Å². The van der Waals surface area contributed by atoms with Crippen molar-refractivity contribution in [3.63, 3.8) is 0 Å². The van der Waals surface area contributed by atoms with Crippen molar-refractivity contribution in [1.82, 2.24) is 4.31 Å². The first kappa shape index (κ1) is 16.0. The zero-order valence-corrected chi connectivity index (χ0v) is 13.0. The number of aromatic carboxylic acids is 1. The highest BCUT2D eigenvalue weighted by molar-refractivity contribution is 7.89. The molecule has 0 aliphatic carbocycles. The fourth-order valence-electron chi connectivity index (χ4n) is 2.80. The van der Waals surface area contributed by atoms with E-state index >= 15 is 0 Å². The minimum atomic E-state index is -3.63. The number of rotatable bonds is 4. The van der Waals surface area contributed by atoms with Gasteiger partial charge in [0.2, 0.25) is 10.0 Å². The van der Waals surface area contributed by atoms with Crippen molar-refractivity contribution >= 4 is 16.0 Å². The van der Waals surface area contributed by atoms with Crippen LogP contribution in [-0.2, 0) is 10.0 Å². The first-order chi connectivity index (χ1) is 9.96. The molecule has 0 saturated carbocycles. The third-order valence-electron chi connectivity index (χ3n) is 3.98. The van der Waals surface area contributed by atoms with Gasteiger partial charge in [-0.15, -0.1) is 0 Å². The molecule has 1 heterocycles. The normalized spacial score (nSPS) is 20.9. The maximum Gasteiger partial charge on any atom is 0.335 e. The van der Waals surface area contributed by atoms with Gasteiger partial charge in [0.15, 0.2) is 0 Å². The van der Waals surface area contributed by atoms with Crippen molar-refractivity contribution < 1.29 is 18.3 Å². The Balaban J connectivity index is 2.39. The van der Waals surface area contributed by atoms with Crippen molar-refractivity contribution in [2.24, 2.45) is 0 Å². The minimum absolute atomic E-state index is 0.000976. The number of nitrogens with zero attached hydrogens (tertiary/aromatic N) is 1. The van der Waals surface area contributed by atoms with Crippen LogP contribution in [0.5, 0.6) is 0 Å². The summed E-state index contributed by atoms with van der Waals surface area (Å²) in [6, 6.07) is 5.61. The highest BCUT2D eigenvalue weighted by Gasteiger charge is 2.31. The molecule has 0 radical (unpaired) electrons. The number of hydrogen-bond donors (Lipinski definition) is 1. The van der Waals surface area contributed by atoms with E-state index in [-0.39, 0.29) is 16.5 Å². The van der Waals surface area contributed by atoms with Gasteiger partial charge in [0, 0.05) is 12.6 Å². The minimum Gasteiger partial charge on any atom is -0.478 e. The molecule has 1 saturated heterocycles. The molecule has 5 nitrogen and oxygen atoms in total. The van der Waals surface area contributed by atoms with Gasteiger partial charge in [0.25, 0.3) is 0 Å². The second-order valence-corrected chi connectivity index (χ2v) is 7.25. The van der Waals surface area contributed by atoms with Gasteiger partial charge in [-0.05, 0) is 37.5 Å². The summed E-state index contributed by atoms with van der Waals surface area (Å²) in [6.45, 7) is 2.50. The summed E-state index contributed by atoms with van der Waals surface area (Å²) in [6.07, 6.45) is 4.58. The highest BCUT2D eigenvalue weighted by atomic mass is 32.2. The molecular formula is C15H21NO4S. The van der Waals surface area contributed by atoms with Crippen molar-refractivity contribution in [3.05, 3.63) is 29.8 Å². The third-order valence-corrected chi connectivity index (χ3v) is 5.93. The molecule has 6 heteroatoms. The first-order valence-electron chi connectivity index (χ1n) is 7.32. The maximum atomic E-state index is 12.8. The fraction of sp³-hybridized carbons (Fsp3) is 0.533. The number of sulfonamides is 1. The van der Waals surface area contributed by atoms with E-state index in [9.17, 15) is 13.2 Å². The Morgan fingerprint density at radius 2 is 2.10 bits per heavy atom. The lowest BCUT2D eigenvalue weighted by molar-refractivity contribution is 0.0696. The molecule has 1 aromatic carbocycles. The molecule has 1 aliphatic rings. The van der Waals surface area contributed by atoms with Gasteiger partial charge in [-0.2, -0.15) is 4.31 Å².